The first-order valence-electron chi connectivity index (χ1n) is 12.0. The Bertz CT molecular complexity index is 1030. The molecular formula is C25H35N3O4S. The van der Waals surface area contributed by atoms with Crippen molar-refractivity contribution < 1.29 is 17.6 Å². The number of benzene rings is 1. The molecule has 2 atom stereocenters. The first kappa shape index (κ1) is 24.0. The van der Waals surface area contributed by atoms with E-state index in [1.165, 1.54) is 28.4 Å². The van der Waals surface area contributed by atoms with Gasteiger partial charge < -0.3 is 9.73 Å². The summed E-state index contributed by atoms with van der Waals surface area (Å²) < 4.78 is 32.3. The molecule has 8 heteroatoms. The van der Waals surface area contributed by atoms with E-state index in [9.17, 15) is 13.2 Å². The normalized spacial score (nSPS) is 22.8. The fourth-order valence-corrected chi connectivity index (χ4v) is 6.45. The lowest BCUT2D eigenvalue weighted by Crippen LogP contribution is -2.38. The van der Waals surface area contributed by atoms with Crippen LogP contribution in [0.1, 0.15) is 61.2 Å². The number of furan rings is 1. The molecular weight excluding hydrogens is 438 g/mol. The topological polar surface area (TPSA) is 82.9 Å². The minimum atomic E-state index is -3.68. The molecule has 2 fully saturated rings. The summed E-state index contributed by atoms with van der Waals surface area (Å²) in [6.45, 7) is 9.21. The predicted octanol–water partition coefficient (Wildman–Crippen LogP) is 3.86. The highest BCUT2D eigenvalue weighted by atomic mass is 32.2. The number of hydrogen-bond donors (Lipinski definition) is 1. The summed E-state index contributed by atoms with van der Waals surface area (Å²) in [4.78, 5) is 15.0. The van der Waals surface area contributed by atoms with Gasteiger partial charge in [0.25, 0.3) is 15.9 Å². The Labute approximate surface area is 197 Å². The van der Waals surface area contributed by atoms with E-state index in [0.717, 1.165) is 56.3 Å². The summed E-state index contributed by atoms with van der Waals surface area (Å²) in [7, 11) is -3.68. The quantitative estimate of drug-likeness (QED) is 0.660. The van der Waals surface area contributed by atoms with Crippen LogP contribution in [-0.2, 0) is 23.1 Å². The maximum Gasteiger partial charge on any atom is 0.287 e. The number of amides is 1. The van der Waals surface area contributed by atoms with Gasteiger partial charge in [-0.2, -0.15) is 4.31 Å². The Kier molecular flexibility index (Phi) is 7.56. The van der Waals surface area contributed by atoms with Crippen LogP contribution in [0.5, 0.6) is 0 Å². The van der Waals surface area contributed by atoms with Gasteiger partial charge in [0, 0.05) is 39.3 Å². The van der Waals surface area contributed by atoms with Gasteiger partial charge in [0.05, 0.1) is 0 Å². The molecule has 2 aliphatic heterocycles. The van der Waals surface area contributed by atoms with E-state index in [0.29, 0.717) is 19.6 Å². The predicted molar refractivity (Wildman–Crippen MR) is 127 cm³/mol. The Morgan fingerprint density at radius 3 is 2.27 bits per heavy atom. The molecule has 3 heterocycles. The number of nitrogens with one attached hydrogen (secondary N) is 1. The highest BCUT2D eigenvalue weighted by Crippen LogP contribution is 2.24. The first-order chi connectivity index (χ1) is 15.8. The summed E-state index contributed by atoms with van der Waals surface area (Å²) in [6.07, 6.45) is 4.04. The SMILES string of the molecule is CC1CC(C)CN(Cc2ccc(CNC(=O)c3ccc(S(=O)(=O)N4CCCCC4)o3)cc2)C1. The molecule has 2 aromatic rings. The van der Waals surface area contributed by atoms with E-state index >= 15 is 0 Å². The standard InChI is InChI=1S/C25H35N3O4S/c1-19-14-20(2)17-27(16-19)18-22-8-6-21(7-9-22)15-26-25(29)23-10-11-24(32-23)33(30,31)28-12-4-3-5-13-28/h6-11,19-20H,3-5,12-18H2,1-2H3,(H,26,29). The number of hydrogen-bond acceptors (Lipinski definition) is 5. The van der Waals surface area contributed by atoms with Crippen molar-refractivity contribution in [3.63, 3.8) is 0 Å². The molecule has 2 aliphatic rings. The average molecular weight is 474 g/mol. The van der Waals surface area contributed by atoms with E-state index < -0.39 is 15.9 Å². The largest absolute Gasteiger partial charge is 0.438 e. The molecule has 1 aromatic heterocycles. The van der Waals surface area contributed by atoms with Crippen molar-refractivity contribution >= 4 is 15.9 Å². The van der Waals surface area contributed by atoms with Crippen LogP contribution in [0.4, 0.5) is 0 Å². The van der Waals surface area contributed by atoms with Gasteiger partial charge in [-0.05, 0) is 54.4 Å². The van der Waals surface area contributed by atoms with Crippen LogP contribution in [0, 0.1) is 11.8 Å². The molecule has 0 bridgehead atoms. The number of carbonyl (C=O) groups excluding carboxylic acids is 1. The molecule has 0 saturated carbocycles. The third-order valence-corrected chi connectivity index (χ3v) is 8.31. The Balaban J connectivity index is 1.30. The summed E-state index contributed by atoms with van der Waals surface area (Å²) in [5.41, 5.74) is 2.25. The van der Waals surface area contributed by atoms with Crippen molar-refractivity contribution in [1.82, 2.24) is 14.5 Å². The molecule has 4 rings (SSSR count). The van der Waals surface area contributed by atoms with Gasteiger partial charge in [-0.25, -0.2) is 8.42 Å². The highest BCUT2D eigenvalue weighted by Gasteiger charge is 2.29. The minimum absolute atomic E-state index is 0.00976. The van der Waals surface area contributed by atoms with Crippen molar-refractivity contribution in [1.29, 1.82) is 0 Å². The fraction of sp³-hybridized carbons (Fsp3) is 0.560. The summed E-state index contributed by atoms with van der Waals surface area (Å²) in [6, 6.07) is 11.1. The molecule has 0 radical (unpaired) electrons. The van der Waals surface area contributed by atoms with Gasteiger partial charge in [0.15, 0.2) is 5.76 Å². The van der Waals surface area contributed by atoms with Crippen molar-refractivity contribution in [2.24, 2.45) is 11.8 Å². The van der Waals surface area contributed by atoms with Crippen molar-refractivity contribution in [3.05, 3.63) is 53.3 Å². The van der Waals surface area contributed by atoms with E-state index in [1.54, 1.807) is 0 Å². The molecule has 1 N–H and O–H groups in total. The minimum Gasteiger partial charge on any atom is -0.438 e. The fourth-order valence-electron chi connectivity index (χ4n) is 5.02. The molecule has 7 nitrogen and oxygen atoms in total. The zero-order valence-corrected chi connectivity index (χ0v) is 20.4. The molecule has 1 aromatic carbocycles. The smallest absolute Gasteiger partial charge is 0.287 e. The van der Waals surface area contributed by atoms with E-state index in [-0.39, 0.29) is 10.9 Å². The Morgan fingerprint density at radius 2 is 1.61 bits per heavy atom. The molecule has 1 amide bonds. The number of piperidine rings is 2. The number of likely N-dealkylation sites (tertiary alicyclic amines) is 1. The average Bonchev–Trinajstić information content (AvgIpc) is 3.30. The second-order valence-corrected chi connectivity index (χ2v) is 11.6. The van der Waals surface area contributed by atoms with E-state index in [4.69, 9.17) is 4.42 Å². The number of carbonyl (C=O) groups is 1. The number of nitrogens with zero attached hydrogens (tertiary/aromatic N) is 2. The number of sulfonamides is 1. The van der Waals surface area contributed by atoms with Gasteiger partial charge in [-0.15, -0.1) is 0 Å². The van der Waals surface area contributed by atoms with Crippen molar-refractivity contribution in [2.45, 2.75) is 57.7 Å². The van der Waals surface area contributed by atoms with Crippen LogP contribution in [0.25, 0.3) is 0 Å². The Morgan fingerprint density at radius 1 is 0.970 bits per heavy atom. The lowest BCUT2D eigenvalue weighted by molar-refractivity contribution is 0.0917. The van der Waals surface area contributed by atoms with E-state index in [1.807, 2.05) is 12.1 Å². The van der Waals surface area contributed by atoms with Gasteiger partial charge >= 0.3 is 0 Å². The first-order valence-corrected chi connectivity index (χ1v) is 13.4. The van der Waals surface area contributed by atoms with Gasteiger partial charge in [0.2, 0.25) is 5.09 Å². The molecule has 180 valence electrons. The van der Waals surface area contributed by atoms with Gasteiger partial charge in [-0.1, -0.05) is 44.5 Å². The summed E-state index contributed by atoms with van der Waals surface area (Å²) in [5.74, 6) is 1.06. The van der Waals surface area contributed by atoms with Crippen LogP contribution in [0.3, 0.4) is 0 Å². The molecule has 2 saturated heterocycles. The second kappa shape index (κ2) is 10.4. The van der Waals surface area contributed by atoms with Crippen LogP contribution < -0.4 is 5.32 Å². The second-order valence-electron chi connectivity index (χ2n) is 9.72. The van der Waals surface area contributed by atoms with Crippen LogP contribution in [0.2, 0.25) is 0 Å². The highest BCUT2D eigenvalue weighted by molar-refractivity contribution is 7.89. The maximum absolute atomic E-state index is 12.7. The summed E-state index contributed by atoms with van der Waals surface area (Å²) >= 11 is 0. The lowest BCUT2D eigenvalue weighted by Gasteiger charge is -2.35. The number of rotatable bonds is 7. The van der Waals surface area contributed by atoms with Crippen LogP contribution in [-0.4, -0.2) is 49.7 Å². The third kappa shape index (κ3) is 6.05. The van der Waals surface area contributed by atoms with Crippen LogP contribution >= 0.6 is 0 Å². The zero-order valence-electron chi connectivity index (χ0n) is 19.6. The van der Waals surface area contributed by atoms with Gasteiger partial charge in [-0.3, -0.25) is 9.69 Å². The monoisotopic (exact) mass is 473 g/mol. The zero-order chi connectivity index (χ0) is 23.4. The van der Waals surface area contributed by atoms with Crippen LogP contribution in [0.15, 0.2) is 45.9 Å². The molecule has 33 heavy (non-hydrogen) atoms. The van der Waals surface area contributed by atoms with Crippen molar-refractivity contribution in [3.8, 4) is 0 Å². The maximum atomic E-state index is 12.7. The van der Waals surface area contributed by atoms with Crippen molar-refractivity contribution in [2.75, 3.05) is 26.2 Å². The van der Waals surface area contributed by atoms with Gasteiger partial charge in [0.1, 0.15) is 0 Å². The van der Waals surface area contributed by atoms with E-state index in [2.05, 4.69) is 36.2 Å². The molecule has 0 spiro atoms. The summed E-state index contributed by atoms with van der Waals surface area (Å²) in [5, 5.41) is 2.65. The Hall–Kier alpha value is -2.16. The lowest BCUT2D eigenvalue weighted by atomic mass is 9.91. The third-order valence-electron chi connectivity index (χ3n) is 6.54. The molecule has 2 unspecified atom stereocenters. The molecule has 0 aliphatic carbocycles.